The summed E-state index contributed by atoms with van der Waals surface area (Å²) >= 11 is 5.88. The van der Waals surface area contributed by atoms with Crippen LogP contribution in [0.15, 0.2) is 73.7 Å². The van der Waals surface area contributed by atoms with Gasteiger partial charge in [-0.2, -0.15) is 0 Å². The molecule has 2 aromatic carbocycles. The molecule has 1 aliphatic heterocycles. The van der Waals surface area contributed by atoms with Gasteiger partial charge in [0, 0.05) is 47.3 Å². The standard InChI is InChI=1S/C30H34N4S.C2H6/c1-6-24-18-28(11-10-20(24)2)33-23(5)30-32-14-15-34(30)19-21(3)25-8-7-9-26(17-25)29(35)27-12-13-31-22(4)16-27;1-2/h7-11,14-15,17-19,27,31,33H,4-6,12-13,16H2,1-3H3;1-2H3/b21-19+;. The van der Waals surface area contributed by atoms with E-state index in [1.807, 2.05) is 24.6 Å². The van der Waals surface area contributed by atoms with E-state index >= 15 is 0 Å². The molecule has 0 saturated carbocycles. The molecule has 37 heavy (non-hydrogen) atoms. The highest BCUT2D eigenvalue weighted by atomic mass is 32.1. The fraction of sp³-hybridized carbons (Fsp3) is 0.312. The van der Waals surface area contributed by atoms with Crippen molar-refractivity contribution in [2.75, 3.05) is 11.9 Å². The average Bonchev–Trinajstić information content (AvgIpc) is 3.38. The van der Waals surface area contributed by atoms with E-state index in [9.17, 15) is 0 Å². The van der Waals surface area contributed by atoms with E-state index in [2.05, 4.69) is 98.2 Å². The number of thiocarbonyl (C=S) groups is 1. The van der Waals surface area contributed by atoms with Crippen LogP contribution >= 0.6 is 12.2 Å². The average molecular weight is 513 g/mol. The van der Waals surface area contributed by atoms with Gasteiger partial charge in [-0.1, -0.05) is 70.4 Å². The monoisotopic (exact) mass is 512 g/mol. The number of allylic oxidation sites excluding steroid dienone is 2. The van der Waals surface area contributed by atoms with Crippen LogP contribution in [0, 0.1) is 12.8 Å². The largest absolute Gasteiger partial charge is 0.389 e. The maximum atomic E-state index is 5.88. The van der Waals surface area contributed by atoms with Gasteiger partial charge in [-0.25, -0.2) is 4.98 Å². The Morgan fingerprint density at radius 3 is 2.70 bits per heavy atom. The van der Waals surface area contributed by atoms with Crippen LogP contribution < -0.4 is 10.6 Å². The minimum atomic E-state index is 0.364. The van der Waals surface area contributed by atoms with Gasteiger partial charge in [-0.3, -0.25) is 0 Å². The summed E-state index contributed by atoms with van der Waals surface area (Å²) < 4.78 is 2.02. The third-order valence-corrected chi connectivity index (χ3v) is 7.20. The van der Waals surface area contributed by atoms with E-state index in [0.717, 1.165) is 70.3 Å². The molecule has 1 unspecified atom stereocenters. The predicted molar refractivity (Wildman–Crippen MR) is 165 cm³/mol. The zero-order chi connectivity index (χ0) is 26.9. The van der Waals surface area contributed by atoms with Gasteiger partial charge in [-0.15, -0.1) is 0 Å². The normalized spacial score (nSPS) is 15.3. The highest BCUT2D eigenvalue weighted by Crippen LogP contribution is 2.26. The Morgan fingerprint density at radius 2 is 1.97 bits per heavy atom. The van der Waals surface area contributed by atoms with Crippen molar-refractivity contribution in [1.29, 1.82) is 0 Å². The summed E-state index contributed by atoms with van der Waals surface area (Å²) in [6.07, 6.45) is 8.80. The summed E-state index contributed by atoms with van der Waals surface area (Å²) in [5.41, 5.74) is 8.87. The molecule has 0 radical (unpaired) electrons. The first-order valence-electron chi connectivity index (χ1n) is 13.2. The van der Waals surface area contributed by atoms with E-state index < -0.39 is 0 Å². The topological polar surface area (TPSA) is 41.9 Å². The molecule has 2 N–H and O–H groups in total. The molecule has 0 spiro atoms. The smallest absolute Gasteiger partial charge is 0.159 e. The van der Waals surface area contributed by atoms with Gasteiger partial charge >= 0.3 is 0 Å². The first-order chi connectivity index (χ1) is 17.9. The van der Waals surface area contributed by atoms with Crippen LogP contribution in [0.1, 0.15) is 68.6 Å². The first-order valence-corrected chi connectivity index (χ1v) is 13.6. The van der Waals surface area contributed by atoms with Gasteiger partial charge in [0.15, 0.2) is 5.82 Å². The summed E-state index contributed by atoms with van der Waals surface area (Å²) in [6.45, 7) is 19.7. The number of imidazole rings is 1. The van der Waals surface area contributed by atoms with Crippen molar-refractivity contribution in [3.63, 3.8) is 0 Å². The molecular formula is C32H40N4S. The Bertz CT molecular complexity index is 1300. The molecule has 4 nitrogen and oxygen atoms in total. The Labute approximate surface area is 228 Å². The number of nitrogens with zero attached hydrogens (tertiary/aromatic N) is 2. The number of benzene rings is 2. The van der Waals surface area contributed by atoms with Gasteiger partial charge in [-0.05, 0) is 79.1 Å². The van der Waals surface area contributed by atoms with Crippen LogP contribution in [-0.4, -0.2) is 21.0 Å². The van der Waals surface area contributed by atoms with Crippen molar-refractivity contribution in [3.05, 3.63) is 102 Å². The van der Waals surface area contributed by atoms with Gasteiger partial charge in [0.1, 0.15) is 0 Å². The second-order valence-electron chi connectivity index (χ2n) is 9.23. The zero-order valence-corrected chi connectivity index (χ0v) is 23.7. The van der Waals surface area contributed by atoms with Gasteiger partial charge in [0.25, 0.3) is 0 Å². The highest BCUT2D eigenvalue weighted by molar-refractivity contribution is 7.80. The zero-order valence-electron chi connectivity index (χ0n) is 22.9. The van der Waals surface area contributed by atoms with Crippen molar-refractivity contribution in [3.8, 4) is 0 Å². The lowest BCUT2D eigenvalue weighted by Gasteiger charge is -2.26. The van der Waals surface area contributed by atoms with Crippen LogP contribution in [0.5, 0.6) is 0 Å². The van der Waals surface area contributed by atoms with E-state index in [1.54, 1.807) is 6.20 Å². The number of rotatable bonds is 8. The van der Waals surface area contributed by atoms with E-state index in [-0.39, 0.29) is 0 Å². The van der Waals surface area contributed by atoms with Crippen molar-refractivity contribution in [1.82, 2.24) is 14.9 Å². The highest BCUT2D eigenvalue weighted by Gasteiger charge is 2.21. The summed E-state index contributed by atoms with van der Waals surface area (Å²) in [4.78, 5) is 5.58. The summed E-state index contributed by atoms with van der Waals surface area (Å²) in [7, 11) is 0. The summed E-state index contributed by atoms with van der Waals surface area (Å²) in [5.74, 6) is 1.14. The Morgan fingerprint density at radius 1 is 1.22 bits per heavy atom. The maximum absolute atomic E-state index is 5.88. The molecule has 0 amide bonds. The fourth-order valence-corrected chi connectivity index (χ4v) is 4.89. The molecule has 194 valence electrons. The van der Waals surface area contributed by atoms with Crippen molar-refractivity contribution in [2.24, 2.45) is 5.92 Å². The Hall–Kier alpha value is -3.44. The molecule has 1 aliphatic rings. The quantitative estimate of drug-likeness (QED) is 0.236. The fourth-order valence-electron chi connectivity index (χ4n) is 4.57. The first kappa shape index (κ1) is 28.1. The van der Waals surface area contributed by atoms with Crippen LogP contribution in [0.3, 0.4) is 0 Å². The van der Waals surface area contributed by atoms with Crippen molar-refractivity contribution >= 4 is 40.2 Å². The van der Waals surface area contributed by atoms with Gasteiger partial charge in [0.05, 0.1) is 5.70 Å². The number of aryl methyl sites for hydroxylation is 2. The molecule has 0 aliphatic carbocycles. The second kappa shape index (κ2) is 13.2. The van der Waals surface area contributed by atoms with Gasteiger partial charge < -0.3 is 15.2 Å². The van der Waals surface area contributed by atoms with E-state index in [0.29, 0.717) is 5.92 Å². The molecule has 5 heteroatoms. The lowest BCUT2D eigenvalue weighted by atomic mass is 9.88. The minimum Gasteiger partial charge on any atom is -0.389 e. The molecule has 4 rings (SSSR count). The van der Waals surface area contributed by atoms with Crippen molar-refractivity contribution in [2.45, 2.75) is 53.9 Å². The Balaban J connectivity index is 0.00000186. The molecule has 0 bridgehead atoms. The molecule has 2 heterocycles. The molecule has 1 atom stereocenters. The summed E-state index contributed by atoms with van der Waals surface area (Å²) in [6, 6.07) is 14.9. The SMILES string of the molecule is C=C1CC(C(=S)c2cccc(/C(C)=C/n3ccnc3C(=C)Nc3ccc(C)c(CC)c3)c2)CCN1.CC. The van der Waals surface area contributed by atoms with Crippen molar-refractivity contribution < 1.29 is 0 Å². The predicted octanol–water partition coefficient (Wildman–Crippen LogP) is 8.11. The number of aromatic nitrogens is 2. The molecule has 1 saturated heterocycles. The summed E-state index contributed by atoms with van der Waals surface area (Å²) in [5, 5.41) is 6.75. The number of hydrogen-bond donors (Lipinski definition) is 2. The van der Waals surface area contributed by atoms with Crippen LogP contribution in [0.25, 0.3) is 17.5 Å². The molecule has 1 aromatic heterocycles. The molecule has 1 fully saturated rings. The maximum Gasteiger partial charge on any atom is 0.159 e. The number of piperidine rings is 1. The third kappa shape index (κ3) is 7.07. The second-order valence-corrected chi connectivity index (χ2v) is 9.67. The third-order valence-electron chi connectivity index (χ3n) is 6.63. The number of hydrogen-bond acceptors (Lipinski definition) is 4. The van der Waals surface area contributed by atoms with Crippen LogP contribution in [-0.2, 0) is 6.42 Å². The molecular weight excluding hydrogens is 472 g/mol. The lowest BCUT2D eigenvalue weighted by Crippen LogP contribution is -2.29. The molecule has 3 aromatic rings. The van der Waals surface area contributed by atoms with E-state index in [4.69, 9.17) is 12.2 Å². The van der Waals surface area contributed by atoms with Gasteiger partial charge in [0.2, 0.25) is 0 Å². The minimum absolute atomic E-state index is 0.364. The van der Waals surface area contributed by atoms with Crippen LogP contribution in [0.4, 0.5) is 5.69 Å². The number of nitrogens with one attached hydrogen (secondary N) is 2. The number of anilines is 1. The van der Waals surface area contributed by atoms with E-state index in [1.165, 1.54) is 11.1 Å². The lowest BCUT2D eigenvalue weighted by molar-refractivity contribution is 0.520. The Kier molecular flexibility index (Phi) is 10.0. The van der Waals surface area contributed by atoms with Crippen LogP contribution in [0.2, 0.25) is 0 Å².